The molecule has 1 saturated heterocycles. The molecule has 0 unspecified atom stereocenters. The first kappa shape index (κ1) is 16.0. The van der Waals surface area contributed by atoms with E-state index in [1.165, 1.54) is 6.08 Å². The maximum Gasteiger partial charge on any atom is 0.331 e. The molecule has 6 heteroatoms. The van der Waals surface area contributed by atoms with E-state index in [0.717, 1.165) is 5.56 Å². The van der Waals surface area contributed by atoms with Gasteiger partial charge in [0.1, 0.15) is 5.75 Å². The minimum absolute atomic E-state index is 0.202. The molecular weight excluding hydrogens is 286 g/mol. The molecular formula is C16H19NO5. The molecule has 1 amide bonds. The standard InChI is InChI=1S/C16H19NO5/c1-20-14-4-2-3-13(11-14)5-6-16(19)22-12-15(18)17-7-9-21-10-8-17/h2-6,11H,7-10,12H2,1H3/b6-5+. The molecule has 6 nitrogen and oxygen atoms in total. The first-order chi connectivity index (χ1) is 10.7. The Labute approximate surface area is 129 Å². The molecule has 0 N–H and O–H groups in total. The summed E-state index contributed by atoms with van der Waals surface area (Å²) >= 11 is 0. The number of amides is 1. The number of hydrogen-bond acceptors (Lipinski definition) is 5. The van der Waals surface area contributed by atoms with Gasteiger partial charge in [0, 0.05) is 19.2 Å². The van der Waals surface area contributed by atoms with Crippen molar-refractivity contribution in [2.45, 2.75) is 0 Å². The van der Waals surface area contributed by atoms with Crippen LogP contribution in [0.4, 0.5) is 0 Å². The minimum atomic E-state index is -0.551. The highest BCUT2D eigenvalue weighted by molar-refractivity contribution is 5.89. The van der Waals surface area contributed by atoms with Gasteiger partial charge in [0.2, 0.25) is 0 Å². The molecule has 0 aromatic heterocycles. The largest absolute Gasteiger partial charge is 0.497 e. The van der Waals surface area contributed by atoms with Gasteiger partial charge in [-0.2, -0.15) is 0 Å². The van der Waals surface area contributed by atoms with Crippen LogP contribution in [0.25, 0.3) is 6.08 Å². The van der Waals surface area contributed by atoms with Crippen molar-refractivity contribution in [3.05, 3.63) is 35.9 Å². The van der Waals surface area contributed by atoms with Crippen molar-refractivity contribution in [3.63, 3.8) is 0 Å². The van der Waals surface area contributed by atoms with Gasteiger partial charge in [-0.1, -0.05) is 12.1 Å². The summed E-state index contributed by atoms with van der Waals surface area (Å²) in [6, 6.07) is 7.27. The molecule has 1 aliphatic rings. The van der Waals surface area contributed by atoms with Crippen molar-refractivity contribution in [1.82, 2.24) is 4.90 Å². The lowest BCUT2D eigenvalue weighted by molar-refractivity contribution is -0.150. The number of hydrogen-bond donors (Lipinski definition) is 0. The second-order valence-electron chi connectivity index (χ2n) is 4.71. The molecule has 1 aromatic rings. The highest BCUT2D eigenvalue weighted by Gasteiger charge is 2.17. The molecule has 1 fully saturated rings. The summed E-state index contributed by atoms with van der Waals surface area (Å²) in [5, 5.41) is 0. The van der Waals surface area contributed by atoms with Gasteiger partial charge in [-0.25, -0.2) is 4.79 Å². The van der Waals surface area contributed by atoms with Gasteiger partial charge in [0.05, 0.1) is 20.3 Å². The number of methoxy groups -OCH3 is 1. The van der Waals surface area contributed by atoms with Crippen molar-refractivity contribution in [2.24, 2.45) is 0 Å². The van der Waals surface area contributed by atoms with Crippen molar-refractivity contribution < 1.29 is 23.8 Å². The van der Waals surface area contributed by atoms with Crippen LogP contribution in [0.3, 0.4) is 0 Å². The lowest BCUT2D eigenvalue weighted by atomic mass is 10.2. The van der Waals surface area contributed by atoms with Crippen LogP contribution in [0, 0.1) is 0 Å². The van der Waals surface area contributed by atoms with E-state index in [4.69, 9.17) is 14.2 Å². The zero-order valence-electron chi connectivity index (χ0n) is 12.5. The van der Waals surface area contributed by atoms with Gasteiger partial charge < -0.3 is 19.1 Å². The van der Waals surface area contributed by atoms with Crippen LogP contribution in [0.2, 0.25) is 0 Å². The maximum absolute atomic E-state index is 11.8. The molecule has 0 spiro atoms. The van der Waals surface area contributed by atoms with E-state index < -0.39 is 5.97 Å². The quantitative estimate of drug-likeness (QED) is 0.602. The van der Waals surface area contributed by atoms with Gasteiger partial charge >= 0.3 is 5.97 Å². The van der Waals surface area contributed by atoms with E-state index in [-0.39, 0.29) is 12.5 Å². The Hall–Kier alpha value is -2.34. The van der Waals surface area contributed by atoms with Gasteiger partial charge in [-0.3, -0.25) is 4.79 Å². The smallest absolute Gasteiger partial charge is 0.331 e. The second kappa shape index (κ2) is 8.19. The number of esters is 1. The Bertz CT molecular complexity index is 549. The van der Waals surface area contributed by atoms with E-state index in [1.807, 2.05) is 18.2 Å². The molecule has 0 aliphatic carbocycles. The van der Waals surface area contributed by atoms with E-state index in [9.17, 15) is 9.59 Å². The summed E-state index contributed by atoms with van der Waals surface area (Å²) in [5.41, 5.74) is 0.816. The van der Waals surface area contributed by atoms with Crippen LogP contribution in [0.1, 0.15) is 5.56 Å². The van der Waals surface area contributed by atoms with Gasteiger partial charge in [-0.15, -0.1) is 0 Å². The van der Waals surface area contributed by atoms with Crippen molar-refractivity contribution in [1.29, 1.82) is 0 Å². The molecule has 0 atom stereocenters. The van der Waals surface area contributed by atoms with Crippen LogP contribution >= 0.6 is 0 Å². The van der Waals surface area contributed by atoms with Gasteiger partial charge in [-0.05, 0) is 23.8 Å². The molecule has 1 aliphatic heterocycles. The fraction of sp³-hybridized carbons (Fsp3) is 0.375. The Morgan fingerprint density at radius 3 is 2.82 bits per heavy atom. The van der Waals surface area contributed by atoms with Crippen molar-refractivity contribution in [2.75, 3.05) is 40.0 Å². The molecule has 0 bridgehead atoms. The predicted octanol–water partition coefficient (Wildman–Crippen LogP) is 1.11. The highest BCUT2D eigenvalue weighted by atomic mass is 16.5. The van der Waals surface area contributed by atoms with Gasteiger partial charge in [0.15, 0.2) is 6.61 Å². The van der Waals surface area contributed by atoms with Crippen LogP contribution in [0.5, 0.6) is 5.75 Å². The third-order valence-electron chi connectivity index (χ3n) is 3.21. The lowest BCUT2D eigenvalue weighted by Gasteiger charge is -2.26. The summed E-state index contributed by atoms with van der Waals surface area (Å²) in [7, 11) is 1.58. The van der Waals surface area contributed by atoms with Crippen LogP contribution in [-0.4, -0.2) is 56.8 Å². The predicted molar refractivity (Wildman–Crippen MR) is 80.4 cm³/mol. The number of morpholine rings is 1. The molecule has 1 aromatic carbocycles. The third-order valence-corrected chi connectivity index (χ3v) is 3.21. The van der Waals surface area contributed by atoms with Crippen LogP contribution in [-0.2, 0) is 19.1 Å². The summed E-state index contributed by atoms with van der Waals surface area (Å²) in [6.07, 6.45) is 2.91. The zero-order chi connectivity index (χ0) is 15.8. The average molecular weight is 305 g/mol. The Kier molecular flexibility index (Phi) is 5.97. The number of nitrogens with zero attached hydrogens (tertiary/aromatic N) is 1. The number of rotatable bonds is 5. The molecule has 22 heavy (non-hydrogen) atoms. The molecule has 118 valence electrons. The lowest BCUT2D eigenvalue weighted by Crippen LogP contribution is -2.42. The topological polar surface area (TPSA) is 65.1 Å². The van der Waals surface area contributed by atoms with E-state index in [0.29, 0.717) is 32.1 Å². The average Bonchev–Trinajstić information content (AvgIpc) is 2.58. The normalized spacial score (nSPS) is 14.9. The fourth-order valence-corrected chi connectivity index (χ4v) is 1.99. The first-order valence-corrected chi connectivity index (χ1v) is 7.03. The number of benzene rings is 1. The molecule has 2 rings (SSSR count). The summed E-state index contributed by atoms with van der Waals surface area (Å²) in [6.45, 7) is 1.87. The SMILES string of the molecule is COc1cccc(/C=C/C(=O)OCC(=O)N2CCOCC2)c1. The van der Waals surface area contributed by atoms with E-state index in [2.05, 4.69) is 0 Å². The van der Waals surface area contributed by atoms with E-state index >= 15 is 0 Å². The Morgan fingerprint density at radius 2 is 2.09 bits per heavy atom. The minimum Gasteiger partial charge on any atom is -0.497 e. The van der Waals surface area contributed by atoms with E-state index in [1.54, 1.807) is 24.2 Å². The maximum atomic E-state index is 11.8. The molecule has 0 radical (unpaired) electrons. The highest BCUT2D eigenvalue weighted by Crippen LogP contribution is 2.13. The number of carbonyl (C=O) groups excluding carboxylic acids is 2. The van der Waals surface area contributed by atoms with Gasteiger partial charge in [0.25, 0.3) is 5.91 Å². The van der Waals surface area contributed by atoms with Crippen molar-refractivity contribution >= 4 is 18.0 Å². The summed E-state index contributed by atoms with van der Waals surface area (Å²) in [5.74, 6) is -0.0473. The Balaban J connectivity index is 1.79. The third kappa shape index (κ3) is 4.89. The Morgan fingerprint density at radius 1 is 1.32 bits per heavy atom. The summed E-state index contributed by atoms with van der Waals surface area (Å²) in [4.78, 5) is 25.1. The number of ether oxygens (including phenoxy) is 3. The second-order valence-corrected chi connectivity index (χ2v) is 4.71. The van der Waals surface area contributed by atoms with Crippen LogP contribution in [0.15, 0.2) is 30.3 Å². The molecule has 1 heterocycles. The fourth-order valence-electron chi connectivity index (χ4n) is 1.99. The summed E-state index contributed by atoms with van der Waals surface area (Å²) < 4.78 is 15.2. The van der Waals surface area contributed by atoms with Crippen LogP contribution < -0.4 is 4.74 Å². The number of carbonyl (C=O) groups is 2. The molecule has 0 saturated carbocycles. The van der Waals surface area contributed by atoms with Crippen molar-refractivity contribution in [3.8, 4) is 5.75 Å². The monoisotopic (exact) mass is 305 g/mol. The zero-order valence-corrected chi connectivity index (χ0v) is 12.5. The first-order valence-electron chi connectivity index (χ1n) is 7.03.